The summed E-state index contributed by atoms with van der Waals surface area (Å²) in [7, 11) is 0. The van der Waals surface area contributed by atoms with Crippen molar-refractivity contribution in [3.8, 4) is 0 Å². The summed E-state index contributed by atoms with van der Waals surface area (Å²) in [5, 5.41) is 4.99. The van der Waals surface area contributed by atoms with Gasteiger partial charge in [-0.25, -0.2) is 4.79 Å². The van der Waals surface area contributed by atoms with Crippen molar-refractivity contribution in [2.45, 2.75) is 33.3 Å². The molecular formula is C17H22N2O6. The van der Waals surface area contributed by atoms with Gasteiger partial charge in [0, 0.05) is 19.2 Å². The van der Waals surface area contributed by atoms with E-state index in [-0.39, 0.29) is 25.0 Å². The molecule has 0 radical (unpaired) electrons. The predicted molar refractivity (Wildman–Crippen MR) is 89.9 cm³/mol. The molecule has 0 aliphatic heterocycles. The molecule has 0 heterocycles. The van der Waals surface area contributed by atoms with Crippen molar-refractivity contribution in [2.24, 2.45) is 0 Å². The van der Waals surface area contributed by atoms with E-state index in [0.717, 1.165) is 0 Å². The van der Waals surface area contributed by atoms with E-state index in [1.165, 1.54) is 19.1 Å². The van der Waals surface area contributed by atoms with E-state index >= 15 is 0 Å². The minimum atomic E-state index is -0.587. The van der Waals surface area contributed by atoms with Crippen LogP contribution < -0.4 is 10.6 Å². The van der Waals surface area contributed by atoms with Gasteiger partial charge in [-0.3, -0.25) is 14.4 Å². The van der Waals surface area contributed by atoms with Crippen LogP contribution in [0.5, 0.6) is 0 Å². The maximum atomic E-state index is 11.7. The lowest BCUT2D eigenvalue weighted by Crippen LogP contribution is -2.25. The van der Waals surface area contributed by atoms with Crippen molar-refractivity contribution in [1.29, 1.82) is 0 Å². The van der Waals surface area contributed by atoms with E-state index in [1.54, 1.807) is 26.0 Å². The van der Waals surface area contributed by atoms with Crippen LogP contribution in [0.2, 0.25) is 0 Å². The zero-order valence-corrected chi connectivity index (χ0v) is 14.5. The molecule has 2 amide bonds. The molecule has 1 aromatic carbocycles. The molecule has 0 aromatic heterocycles. The van der Waals surface area contributed by atoms with Crippen LogP contribution in [-0.2, 0) is 23.9 Å². The molecule has 0 spiro atoms. The van der Waals surface area contributed by atoms with Crippen molar-refractivity contribution in [2.75, 3.05) is 18.5 Å². The van der Waals surface area contributed by atoms with Gasteiger partial charge < -0.3 is 20.1 Å². The van der Waals surface area contributed by atoms with Gasteiger partial charge in [0.25, 0.3) is 5.91 Å². The number of rotatable bonds is 8. The normalized spacial score (nSPS) is 10.1. The Bertz CT molecular complexity index is 625. The van der Waals surface area contributed by atoms with E-state index in [9.17, 15) is 19.2 Å². The Hall–Kier alpha value is -2.90. The van der Waals surface area contributed by atoms with E-state index in [0.29, 0.717) is 11.3 Å². The van der Waals surface area contributed by atoms with Crippen LogP contribution in [0.3, 0.4) is 0 Å². The van der Waals surface area contributed by atoms with Crippen LogP contribution in [0.1, 0.15) is 37.6 Å². The fourth-order valence-corrected chi connectivity index (χ4v) is 1.73. The van der Waals surface area contributed by atoms with E-state index < -0.39 is 24.5 Å². The van der Waals surface area contributed by atoms with Crippen LogP contribution >= 0.6 is 0 Å². The molecule has 0 saturated carbocycles. The predicted octanol–water partition coefficient (Wildman–Crippen LogP) is 1.26. The van der Waals surface area contributed by atoms with Gasteiger partial charge >= 0.3 is 11.9 Å². The number of hydrogen-bond donors (Lipinski definition) is 2. The maximum Gasteiger partial charge on any atom is 0.338 e. The summed E-state index contributed by atoms with van der Waals surface area (Å²) in [6.45, 7) is 4.57. The van der Waals surface area contributed by atoms with Crippen molar-refractivity contribution >= 4 is 29.4 Å². The smallest absolute Gasteiger partial charge is 0.338 e. The standard InChI is InChI=1S/C17H22N2O6/c1-11(2)25-17(23)13-4-6-14(7-5-13)19-15(21)10-24-16(22)8-9-18-12(3)20/h4-7,11H,8-10H2,1-3H3,(H,18,20)(H,19,21). The Morgan fingerprint density at radius 1 is 1.08 bits per heavy atom. The molecule has 0 aliphatic carbocycles. The van der Waals surface area contributed by atoms with Gasteiger partial charge in [0.05, 0.1) is 18.1 Å². The average molecular weight is 350 g/mol. The van der Waals surface area contributed by atoms with Crippen LogP contribution in [-0.4, -0.2) is 43.0 Å². The fraction of sp³-hybridized carbons (Fsp3) is 0.412. The summed E-state index contributed by atoms with van der Waals surface area (Å²) in [5.74, 6) is -1.78. The van der Waals surface area contributed by atoms with Crippen molar-refractivity contribution in [3.05, 3.63) is 29.8 Å². The van der Waals surface area contributed by atoms with Crippen LogP contribution in [0, 0.1) is 0 Å². The summed E-state index contributed by atoms with van der Waals surface area (Å²) in [6.07, 6.45) is -0.230. The number of carbonyl (C=O) groups is 4. The van der Waals surface area contributed by atoms with E-state index in [4.69, 9.17) is 9.47 Å². The number of anilines is 1. The molecule has 1 rings (SSSR count). The van der Waals surface area contributed by atoms with Crippen molar-refractivity contribution in [1.82, 2.24) is 5.32 Å². The molecule has 8 nitrogen and oxygen atoms in total. The molecular weight excluding hydrogens is 328 g/mol. The van der Waals surface area contributed by atoms with Gasteiger partial charge in [-0.2, -0.15) is 0 Å². The highest BCUT2D eigenvalue weighted by atomic mass is 16.5. The lowest BCUT2D eigenvalue weighted by atomic mass is 10.2. The molecule has 1 aromatic rings. The molecule has 0 saturated heterocycles. The largest absolute Gasteiger partial charge is 0.459 e. The summed E-state index contributed by atoms with van der Waals surface area (Å²) < 4.78 is 9.85. The Balaban J connectivity index is 2.38. The Morgan fingerprint density at radius 2 is 1.72 bits per heavy atom. The first-order valence-corrected chi connectivity index (χ1v) is 7.79. The second-order valence-corrected chi connectivity index (χ2v) is 5.47. The third kappa shape index (κ3) is 8.50. The van der Waals surface area contributed by atoms with Gasteiger partial charge in [0.1, 0.15) is 0 Å². The number of nitrogens with one attached hydrogen (secondary N) is 2. The van der Waals surface area contributed by atoms with Crippen molar-refractivity contribution in [3.63, 3.8) is 0 Å². The third-order valence-corrected chi connectivity index (χ3v) is 2.81. The maximum absolute atomic E-state index is 11.7. The Morgan fingerprint density at radius 3 is 2.28 bits per heavy atom. The van der Waals surface area contributed by atoms with Gasteiger partial charge in [0.15, 0.2) is 6.61 Å². The molecule has 0 aliphatic rings. The number of benzene rings is 1. The lowest BCUT2D eigenvalue weighted by Gasteiger charge is -2.09. The zero-order valence-electron chi connectivity index (χ0n) is 14.5. The van der Waals surface area contributed by atoms with Crippen LogP contribution in [0.4, 0.5) is 5.69 Å². The number of carbonyl (C=O) groups excluding carboxylic acids is 4. The first kappa shape index (κ1) is 20.1. The topological polar surface area (TPSA) is 111 Å². The molecule has 136 valence electrons. The van der Waals surface area contributed by atoms with Gasteiger partial charge in [-0.1, -0.05) is 0 Å². The highest BCUT2D eigenvalue weighted by Gasteiger charge is 2.11. The Labute approximate surface area is 145 Å². The first-order chi connectivity index (χ1) is 11.8. The molecule has 25 heavy (non-hydrogen) atoms. The number of ether oxygens (including phenoxy) is 2. The molecule has 2 N–H and O–H groups in total. The minimum Gasteiger partial charge on any atom is -0.459 e. The highest BCUT2D eigenvalue weighted by molar-refractivity contribution is 5.94. The van der Waals surface area contributed by atoms with Gasteiger partial charge in [-0.15, -0.1) is 0 Å². The SMILES string of the molecule is CC(=O)NCCC(=O)OCC(=O)Nc1ccc(C(=O)OC(C)C)cc1. The molecule has 0 unspecified atom stereocenters. The minimum absolute atomic E-state index is 0.0144. The van der Waals surface area contributed by atoms with Gasteiger partial charge in [0.2, 0.25) is 5.91 Å². The zero-order chi connectivity index (χ0) is 18.8. The molecule has 0 fully saturated rings. The van der Waals surface area contributed by atoms with Crippen LogP contribution in [0.15, 0.2) is 24.3 Å². The summed E-state index contributed by atoms with van der Waals surface area (Å²) in [4.78, 5) is 45.5. The molecule has 0 atom stereocenters. The monoisotopic (exact) mass is 350 g/mol. The number of hydrogen-bond acceptors (Lipinski definition) is 6. The molecule has 8 heteroatoms. The lowest BCUT2D eigenvalue weighted by molar-refractivity contribution is -0.147. The van der Waals surface area contributed by atoms with E-state index in [1.807, 2.05) is 0 Å². The second kappa shape index (κ2) is 10.1. The highest BCUT2D eigenvalue weighted by Crippen LogP contribution is 2.11. The number of esters is 2. The van der Waals surface area contributed by atoms with E-state index in [2.05, 4.69) is 10.6 Å². The second-order valence-electron chi connectivity index (χ2n) is 5.47. The average Bonchev–Trinajstić information content (AvgIpc) is 2.52. The molecule has 0 bridgehead atoms. The van der Waals surface area contributed by atoms with Crippen molar-refractivity contribution < 1.29 is 28.7 Å². The third-order valence-electron chi connectivity index (χ3n) is 2.81. The summed E-state index contributed by atoms with van der Waals surface area (Å²) >= 11 is 0. The van der Waals surface area contributed by atoms with Gasteiger partial charge in [-0.05, 0) is 38.1 Å². The quantitative estimate of drug-likeness (QED) is 0.683. The number of amides is 2. The Kier molecular flexibility index (Phi) is 8.11. The first-order valence-electron chi connectivity index (χ1n) is 7.79. The fourth-order valence-electron chi connectivity index (χ4n) is 1.73. The van der Waals surface area contributed by atoms with Crippen LogP contribution in [0.25, 0.3) is 0 Å². The summed E-state index contributed by atoms with van der Waals surface area (Å²) in [5.41, 5.74) is 0.830. The summed E-state index contributed by atoms with van der Waals surface area (Å²) in [6, 6.07) is 6.15.